The van der Waals surface area contributed by atoms with Crippen LogP contribution in [0.3, 0.4) is 0 Å². The Balaban J connectivity index is 1.71. The van der Waals surface area contributed by atoms with E-state index in [0.29, 0.717) is 5.92 Å². The Kier molecular flexibility index (Phi) is 3.85. The number of nitrogens with zero attached hydrogens (tertiary/aromatic N) is 1. The van der Waals surface area contributed by atoms with Crippen LogP contribution < -0.4 is 5.73 Å². The molecule has 2 unspecified atom stereocenters. The minimum atomic E-state index is 0.130. The van der Waals surface area contributed by atoms with E-state index in [1.807, 2.05) is 24.5 Å². The molecule has 2 fully saturated rings. The number of pyridine rings is 1. The Morgan fingerprint density at radius 3 is 2.68 bits per heavy atom. The van der Waals surface area contributed by atoms with Gasteiger partial charge in [0, 0.05) is 25.0 Å². The minimum absolute atomic E-state index is 0.130. The molecule has 1 aliphatic carbocycles. The van der Waals surface area contributed by atoms with E-state index in [1.165, 1.54) is 37.7 Å². The van der Waals surface area contributed by atoms with Crippen LogP contribution in [0.5, 0.6) is 0 Å². The molecule has 3 rings (SSSR count). The minimum Gasteiger partial charge on any atom is -0.375 e. The van der Waals surface area contributed by atoms with Gasteiger partial charge in [-0.2, -0.15) is 0 Å². The van der Waals surface area contributed by atoms with Gasteiger partial charge >= 0.3 is 0 Å². The zero-order valence-corrected chi connectivity index (χ0v) is 11.6. The van der Waals surface area contributed by atoms with Gasteiger partial charge in [-0.05, 0) is 49.3 Å². The highest BCUT2D eigenvalue weighted by Gasteiger charge is 2.40. The first kappa shape index (κ1) is 13.1. The van der Waals surface area contributed by atoms with Gasteiger partial charge in [-0.15, -0.1) is 0 Å². The first-order chi connectivity index (χ1) is 9.29. The highest BCUT2D eigenvalue weighted by molar-refractivity contribution is 5.16. The number of ether oxygens (including phenoxy) is 1. The molecule has 0 radical (unpaired) electrons. The number of aromatic nitrogens is 1. The predicted molar refractivity (Wildman–Crippen MR) is 75.7 cm³/mol. The summed E-state index contributed by atoms with van der Waals surface area (Å²) >= 11 is 0. The van der Waals surface area contributed by atoms with Crippen LogP contribution in [0.1, 0.15) is 56.6 Å². The Bertz CT molecular complexity index is 395. The second kappa shape index (κ2) is 5.59. The molecule has 1 aromatic heterocycles. The van der Waals surface area contributed by atoms with Crippen LogP contribution in [0.15, 0.2) is 24.5 Å². The molecule has 2 heterocycles. The maximum Gasteiger partial charge on any atom is 0.0685 e. The average molecular weight is 260 g/mol. The topological polar surface area (TPSA) is 48.1 Å². The van der Waals surface area contributed by atoms with Crippen molar-refractivity contribution in [2.45, 2.75) is 56.6 Å². The number of hydrogen-bond acceptors (Lipinski definition) is 3. The third-order valence-corrected chi connectivity index (χ3v) is 4.89. The molecule has 1 saturated heterocycles. The molecule has 1 spiro atoms. The summed E-state index contributed by atoms with van der Waals surface area (Å²) in [6, 6.07) is 4.23. The van der Waals surface area contributed by atoms with E-state index in [-0.39, 0.29) is 11.6 Å². The quantitative estimate of drug-likeness (QED) is 0.888. The van der Waals surface area contributed by atoms with E-state index in [2.05, 4.69) is 4.98 Å². The van der Waals surface area contributed by atoms with Gasteiger partial charge in [0.25, 0.3) is 0 Å². The molecule has 2 aliphatic rings. The summed E-state index contributed by atoms with van der Waals surface area (Å²) in [5, 5.41) is 0. The predicted octanol–water partition coefficient (Wildman–Crippen LogP) is 3.21. The van der Waals surface area contributed by atoms with E-state index in [1.54, 1.807) is 0 Å². The summed E-state index contributed by atoms with van der Waals surface area (Å²) in [7, 11) is 0. The van der Waals surface area contributed by atoms with E-state index < -0.39 is 0 Å². The van der Waals surface area contributed by atoms with Crippen molar-refractivity contribution in [1.29, 1.82) is 0 Å². The SMILES string of the molecule is NC(c1ccncc1)C1CCOC2(CCCCC2)C1. The maximum atomic E-state index is 6.48. The van der Waals surface area contributed by atoms with Gasteiger partial charge in [0.1, 0.15) is 0 Å². The third kappa shape index (κ3) is 2.82. The van der Waals surface area contributed by atoms with Crippen LogP contribution in [-0.2, 0) is 4.74 Å². The molecule has 2 N–H and O–H groups in total. The Morgan fingerprint density at radius 1 is 1.21 bits per heavy atom. The number of hydrogen-bond donors (Lipinski definition) is 1. The summed E-state index contributed by atoms with van der Waals surface area (Å²) in [5.41, 5.74) is 7.84. The Hall–Kier alpha value is -0.930. The molecule has 0 bridgehead atoms. The molecule has 3 nitrogen and oxygen atoms in total. The van der Waals surface area contributed by atoms with Crippen molar-refractivity contribution in [3.63, 3.8) is 0 Å². The molecule has 1 aromatic rings. The zero-order chi connectivity index (χ0) is 13.1. The van der Waals surface area contributed by atoms with Crippen molar-refractivity contribution in [2.75, 3.05) is 6.61 Å². The van der Waals surface area contributed by atoms with Gasteiger partial charge in [-0.3, -0.25) is 4.98 Å². The molecule has 19 heavy (non-hydrogen) atoms. The summed E-state index contributed by atoms with van der Waals surface area (Å²) in [6.45, 7) is 0.878. The molecule has 1 saturated carbocycles. The first-order valence-electron chi connectivity index (χ1n) is 7.59. The lowest BCUT2D eigenvalue weighted by atomic mass is 9.73. The molecule has 1 aliphatic heterocycles. The standard InChI is InChI=1S/C16H24N2O/c17-15(13-4-9-18-10-5-13)14-6-11-19-16(12-14)7-2-1-3-8-16/h4-5,9-10,14-15H,1-3,6-8,11-12,17H2. The Labute approximate surface area is 115 Å². The van der Waals surface area contributed by atoms with Crippen LogP contribution in [0.4, 0.5) is 0 Å². The summed E-state index contributed by atoms with van der Waals surface area (Å²) in [5.74, 6) is 0.550. The second-order valence-electron chi connectivity index (χ2n) is 6.15. The molecule has 0 amide bonds. The highest BCUT2D eigenvalue weighted by Crippen LogP contribution is 2.43. The van der Waals surface area contributed by atoms with Crippen LogP contribution >= 0.6 is 0 Å². The normalized spacial score (nSPS) is 28.2. The van der Waals surface area contributed by atoms with Crippen molar-refractivity contribution >= 4 is 0 Å². The van der Waals surface area contributed by atoms with E-state index in [9.17, 15) is 0 Å². The second-order valence-corrected chi connectivity index (χ2v) is 6.15. The van der Waals surface area contributed by atoms with Crippen molar-refractivity contribution in [1.82, 2.24) is 4.98 Å². The lowest BCUT2D eigenvalue weighted by Crippen LogP contribution is -2.44. The van der Waals surface area contributed by atoms with Gasteiger partial charge in [-0.1, -0.05) is 19.3 Å². The monoisotopic (exact) mass is 260 g/mol. The van der Waals surface area contributed by atoms with Gasteiger partial charge in [0.05, 0.1) is 5.60 Å². The molecular weight excluding hydrogens is 236 g/mol. The highest BCUT2D eigenvalue weighted by atomic mass is 16.5. The first-order valence-corrected chi connectivity index (χ1v) is 7.59. The number of rotatable bonds is 2. The molecule has 2 atom stereocenters. The van der Waals surface area contributed by atoms with E-state index in [0.717, 1.165) is 19.4 Å². The van der Waals surface area contributed by atoms with Crippen molar-refractivity contribution in [3.05, 3.63) is 30.1 Å². The average Bonchev–Trinajstić information content (AvgIpc) is 2.48. The van der Waals surface area contributed by atoms with Gasteiger partial charge in [-0.25, -0.2) is 0 Å². The third-order valence-electron chi connectivity index (χ3n) is 4.89. The van der Waals surface area contributed by atoms with Crippen LogP contribution in [0, 0.1) is 5.92 Å². The lowest BCUT2D eigenvalue weighted by molar-refractivity contribution is -0.120. The van der Waals surface area contributed by atoms with Gasteiger partial charge in [0.15, 0.2) is 0 Å². The maximum absolute atomic E-state index is 6.48. The van der Waals surface area contributed by atoms with E-state index in [4.69, 9.17) is 10.5 Å². The van der Waals surface area contributed by atoms with E-state index >= 15 is 0 Å². The fourth-order valence-electron chi connectivity index (χ4n) is 3.77. The fraction of sp³-hybridized carbons (Fsp3) is 0.688. The summed E-state index contributed by atoms with van der Waals surface area (Å²) in [6.07, 6.45) is 12.4. The molecule has 0 aromatic carbocycles. The largest absolute Gasteiger partial charge is 0.375 e. The van der Waals surface area contributed by atoms with Crippen LogP contribution in [0.2, 0.25) is 0 Å². The molecular formula is C16H24N2O. The zero-order valence-electron chi connectivity index (χ0n) is 11.6. The van der Waals surface area contributed by atoms with Crippen molar-refractivity contribution in [2.24, 2.45) is 11.7 Å². The number of nitrogens with two attached hydrogens (primary N) is 1. The molecule has 3 heteroatoms. The fourth-order valence-corrected chi connectivity index (χ4v) is 3.77. The van der Waals surface area contributed by atoms with Crippen molar-refractivity contribution < 1.29 is 4.74 Å². The van der Waals surface area contributed by atoms with Gasteiger partial charge < -0.3 is 10.5 Å². The smallest absolute Gasteiger partial charge is 0.0685 e. The summed E-state index contributed by atoms with van der Waals surface area (Å²) in [4.78, 5) is 4.08. The molecule has 104 valence electrons. The Morgan fingerprint density at radius 2 is 1.95 bits per heavy atom. The summed E-state index contributed by atoms with van der Waals surface area (Å²) < 4.78 is 6.15. The van der Waals surface area contributed by atoms with Crippen LogP contribution in [-0.4, -0.2) is 17.2 Å². The van der Waals surface area contributed by atoms with Crippen LogP contribution in [0.25, 0.3) is 0 Å². The van der Waals surface area contributed by atoms with Crippen molar-refractivity contribution in [3.8, 4) is 0 Å². The van der Waals surface area contributed by atoms with Gasteiger partial charge in [0.2, 0.25) is 0 Å². The lowest BCUT2D eigenvalue weighted by Gasteiger charge is -2.45.